The minimum atomic E-state index is -0.228. The van der Waals surface area contributed by atoms with Crippen LogP contribution >= 0.6 is 0 Å². The summed E-state index contributed by atoms with van der Waals surface area (Å²) in [6.07, 6.45) is 2.65. The maximum Gasteiger partial charge on any atom is 0.247 e. The van der Waals surface area contributed by atoms with Crippen LogP contribution in [0.2, 0.25) is 0 Å². The third-order valence-electron chi connectivity index (χ3n) is 2.35. The molecule has 2 rings (SSSR count). The maximum atomic E-state index is 11.1. The molecule has 0 atom stereocenters. The Hall–Kier alpha value is -2.36. The van der Waals surface area contributed by atoms with Crippen LogP contribution in [-0.2, 0) is 4.79 Å². The highest BCUT2D eigenvalue weighted by Gasteiger charge is 2.06. The van der Waals surface area contributed by atoms with Crippen molar-refractivity contribution in [3.05, 3.63) is 49.0 Å². The molecule has 1 amide bonds. The number of aromatic nitrogens is 1. The third-order valence-corrected chi connectivity index (χ3v) is 2.35. The Morgan fingerprint density at radius 1 is 1.41 bits per heavy atom. The van der Waals surface area contributed by atoms with E-state index >= 15 is 0 Å². The Morgan fingerprint density at radius 3 is 2.65 bits per heavy atom. The van der Waals surface area contributed by atoms with Crippen molar-refractivity contribution >= 4 is 11.6 Å². The van der Waals surface area contributed by atoms with Crippen LogP contribution in [0.25, 0.3) is 11.3 Å². The van der Waals surface area contributed by atoms with Gasteiger partial charge in [0.2, 0.25) is 5.91 Å². The van der Waals surface area contributed by atoms with E-state index in [0.717, 1.165) is 22.7 Å². The van der Waals surface area contributed by atoms with Gasteiger partial charge in [-0.3, -0.25) is 4.79 Å². The SMILES string of the molecule is C=CC(=O)Nc1ccc(-c2ocnc2C)cc1. The van der Waals surface area contributed by atoms with Crippen molar-refractivity contribution in [2.75, 3.05) is 5.32 Å². The van der Waals surface area contributed by atoms with Crippen LogP contribution in [0, 0.1) is 6.92 Å². The van der Waals surface area contributed by atoms with Crippen molar-refractivity contribution < 1.29 is 9.21 Å². The summed E-state index contributed by atoms with van der Waals surface area (Å²) in [6, 6.07) is 7.34. The van der Waals surface area contributed by atoms with E-state index in [4.69, 9.17) is 4.42 Å². The van der Waals surface area contributed by atoms with E-state index in [-0.39, 0.29) is 5.91 Å². The number of anilines is 1. The van der Waals surface area contributed by atoms with E-state index < -0.39 is 0 Å². The van der Waals surface area contributed by atoms with Gasteiger partial charge in [0.15, 0.2) is 12.2 Å². The van der Waals surface area contributed by atoms with E-state index in [0.29, 0.717) is 0 Å². The van der Waals surface area contributed by atoms with E-state index in [1.807, 2.05) is 19.1 Å². The first-order valence-electron chi connectivity index (χ1n) is 5.14. The molecule has 0 saturated carbocycles. The monoisotopic (exact) mass is 228 g/mol. The zero-order chi connectivity index (χ0) is 12.3. The quantitative estimate of drug-likeness (QED) is 0.822. The van der Waals surface area contributed by atoms with Gasteiger partial charge in [0, 0.05) is 11.3 Å². The van der Waals surface area contributed by atoms with Gasteiger partial charge in [-0.1, -0.05) is 6.58 Å². The van der Waals surface area contributed by atoms with Crippen molar-refractivity contribution in [1.29, 1.82) is 0 Å². The van der Waals surface area contributed by atoms with Gasteiger partial charge in [-0.15, -0.1) is 0 Å². The zero-order valence-electron chi connectivity index (χ0n) is 9.43. The van der Waals surface area contributed by atoms with Crippen LogP contribution in [-0.4, -0.2) is 10.9 Å². The summed E-state index contributed by atoms with van der Waals surface area (Å²) in [5.74, 6) is 0.514. The van der Waals surface area contributed by atoms with Crippen molar-refractivity contribution in [2.24, 2.45) is 0 Å². The van der Waals surface area contributed by atoms with Crippen molar-refractivity contribution in [3.63, 3.8) is 0 Å². The van der Waals surface area contributed by atoms with Gasteiger partial charge in [0.25, 0.3) is 0 Å². The molecule has 4 nitrogen and oxygen atoms in total. The summed E-state index contributed by atoms with van der Waals surface area (Å²) >= 11 is 0. The highest BCUT2D eigenvalue weighted by molar-refractivity contribution is 5.98. The average molecular weight is 228 g/mol. The lowest BCUT2D eigenvalue weighted by atomic mass is 10.1. The molecular formula is C13H12N2O2. The highest BCUT2D eigenvalue weighted by Crippen LogP contribution is 2.23. The van der Waals surface area contributed by atoms with E-state index in [2.05, 4.69) is 16.9 Å². The number of carbonyl (C=O) groups is 1. The smallest absolute Gasteiger partial charge is 0.247 e. The van der Waals surface area contributed by atoms with E-state index in [1.165, 1.54) is 12.5 Å². The summed E-state index contributed by atoms with van der Waals surface area (Å²) in [6.45, 7) is 5.27. The summed E-state index contributed by atoms with van der Waals surface area (Å²) in [5.41, 5.74) is 2.49. The first-order valence-corrected chi connectivity index (χ1v) is 5.14. The number of nitrogens with zero attached hydrogens (tertiary/aromatic N) is 1. The van der Waals surface area contributed by atoms with Crippen molar-refractivity contribution in [2.45, 2.75) is 6.92 Å². The number of benzene rings is 1. The number of carbonyl (C=O) groups excluding carboxylic acids is 1. The molecular weight excluding hydrogens is 216 g/mol. The lowest BCUT2D eigenvalue weighted by molar-refractivity contribution is -0.111. The predicted octanol–water partition coefficient (Wildman–Crippen LogP) is 2.77. The standard InChI is InChI=1S/C13H12N2O2/c1-3-12(16)15-11-6-4-10(5-7-11)13-9(2)14-8-17-13/h3-8H,1H2,2H3,(H,15,16). The van der Waals surface area contributed by atoms with Crippen LogP contribution in [0.1, 0.15) is 5.69 Å². The number of aryl methyl sites for hydroxylation is 1. The fourth-order valence-electron chi connectivity index (χ4n) is 1.48. The molecule has 1 N–H and O–H groups in total. The third kappa shape index (κ3) is 2.42. The number of amides is 1. The molecule has 1 aromatic heterocycles. The number of hydrogen-bond acceptors (Lipinski definition) is 3. The zero-order valence-corrected chi connectivity index (χ0v) is 9.43. The first kappa shape index (κ1) is 11.1. The molecule has 0 aliphatic heterocycles. The van der Waals surface area contributed by atoms with Gasteiger partial charge in [-0.25, -0.2) is 4.98 Å². The summed E-state index contributed by atoms with van der Waals surface area (Å²) in [5, 5.41) is 2.68. The molecule has 0 aliphatic rings. The van der Waals surface area contributed by atoms with Gasteiger partial charge in [-0.05, 0) is 37.3 Å². The molecule has 0 unspecified atom stereocenters. The molecule has 0 spiro atoms. The fraction of sp³-hybridized carbons (Fsp3) is 0.0769. The molecule has 17 heavy (non-hydrogen) atoms. The average Bonchev–Trinajstić information content (AvgIpc) is 2.76. The molecule has 0 radical (unpaired) electrons. The van der Waals surface area contributed by atoms with Crippen molar-refractivity contribution in [1.82, 2.24) is 4.98 Å². The van der Waals surface area contributed by atoms with E-state index in [9.17, 15) is 4.79 Å². The maximum absolute atomic E-state index is 11.1. The fourth-order valence-corrected chi connectivity index (χ4v) is 1.48. The normalized spacial score (nSPS) is 9.94. The Balaban J connectivity index is 2.21. The van der Waals surface area contributed by atoms with Gasteiger partial charge < -0.3 is 9.73 Å². The molecule has 0 fully saturated rings. The topological polar surface area (TPSA) is 55.1 Å². The first-order chi connectivity index (χ1) is 8.20. The van der Waals surface area contributed by atoms with Crippen LogP contribution in [0.4, 0.5) is 5.69 Å². The van der Waals surface area contributed by atoms with Gasteiger partial charge in [0.05, 0.1) is 5.69 Å². The molecule has 1 aromatic carbocycles. The molecule has 0 bridgehead atoms. The van der Waals surface area contributed by atoms with E-state index in [1.54, 1.807) is 12.1 Å². The lowest BCUT2D eigenvalue weighted by Gasteiger charge is -2.03. The summed E-state index contributed by atoms with van der Waals surface area (Å²) in [7, 11) is 0. The molecule has 1 heterocycles. The second kappa shape index (κ2) is 4.65. The number of hydrogen-bond donors (Lipinski definition) is 1. The number of nitrogens with one attached hydrogen (secondary N) is 1. The molecule has 2 aromatic rings. The number of rotatable bonds is 3. The van der Waals surface area contributed by atoms with Gasteiger partial charge in [0.1, 0.15) is 0 Å². The lowest BCUT2D eigenvalue weighted by Crippen LogP contribution is -2.06. The second-order valence-electron chi connectivity index (χ2n) is 3.54. The van der Waals surface area contributed by atoms with Crippen LogP contribution in [0.15, 0.2) is 47.7 Å². The molecule has 4 heteroatoms. The second-order valence-corrected chi connectivity index (χ2v) is 3.54. The van der Waals surface area contributed by atoms with Crippen LogP contribution in [0.5, 0.6) is 0 Å². The largest absolute Gasteiger partial charge is 0.443 e. The van der Waals surface area contributed by atoms with Crippen LogP contribution < -0.4 is 5.32 Å². The molecule has 0 saturated heterocycles. The molecule has 0 aliphatic carbocycles. The summed E-state index contributed by atoms with van der Waals surface area (Å²) in [4.78, 5) is 15.1. The Labute approximate surface area is 99.0 Å². The summed E-state index contributed by atoms with van der Waals surface area (Å²) < 4.78 is 5.28. The number of oxazole rings is 1. The predicted molar refractivity (Wildman–Crippen MR) is 65.5 cm³/mol. The minimum absolute atomic E-state index is 0.228. The van der Waals surface area contributed by atoms with Gasteiger partial charge >= 0.3 is 0 Å². The molecule has 86 valence electrons. The van der Waals surface area contributed by atoms with Gasteiger partial charge in [-0.2, -0.15) is 0 Å². The Bertz CT molecular complexity index is 541. The highest BCUT2D eigenvalue weighted by atomic mass is 16.3. The van der Waals surface area contributed by atoms with Crippen LogP contribution in [0.3, 0.4) is 0 Å². The Kier molecular flexibility index (Phi) is 3.05. The minimum Gasteiger partial charge on any atom is -0.443 e. The van der Waals surface area contributed by atoms with Crippen molar-refractivity contribution in [3.8, 4) is 11.3 Å². The Morgan fingerprint density at radius 2 is 2.12 bits per heavy atom.